The van der Waals surface area contributed by atoms with E-state index in [1.807, 2.05) is 0 Å². The molecule has 36 heavy (non-hydrogen) atoms. The van der Waals surface area contributed by atoms with Gasteiger partial charge < -0.3 is 19.7 Å². The molecule has 0 spiro atoms. The molecular formula is C20H16Li2N6O6S2. The first-order valence-electron chi connectivity index (χ1n) is 9.32. The molecule has 0 atom stereocenters. The van der Waals surface area contributed by atoms with E-state index < -0.39 is 30.0 Å². The molecule has 1 aromatic heterocycles. The van der Waals surface area contributed by atoms with E-state index in [1.54, 1.807) is 6.92 Å². The van der Waals surface area contributed by atoms with Gasteiger partial charge in [-0.1, -0.05) is 0 Å². The fourth-order valence-electron chi connectivity index (χ4n) is 2.90. The Morgan fingerprint density at radius 3 is 1.61 bits per heavy atom. The van der Waals surface area contributed by atoms with Crippen molar-refractivity contribution in [1.29, 1.82) is 0 Å². The van der Waals surface area contributed by atoms with Crippen molar-refractivity contribution in [3.63, 3.8) is 0 Å². The topological polar surface area (TPSA) is 180 Å². The van der Waals surface area contributed by atoms with E-state index in [-0.39, 0.29) is 60.7 Å². The minimum Gasteiger partial charge on any atom is -0.744 e. The molecule has 1 heterocycles. The summed E-state index contributed by atoms with van der Waals surface area (Å²) < 4.78 is 66.8. The number of rotatable bonds is 7. The van der Waals surface area contributed by atoms with Crippen molar-refractivity contribution in [2.45, 2.75) is 16.7 Å². The number of hydrogen-bond acceptors (Lipinski definition) is 11. The van der Waals surface area contributed by atoms with Crippen LogP contribution in [-0.4, -0.2) is 38.0 Å². The molecule has 0 bridgehead atoms. The smallest absolute Gasteiger partial charge is 0.744 e. The maximum absolute atomic E-state index is 11.1. The first-order valence-corrected chi connectivity index (χ1v) is 12.1. The number of nitrogens with one attached hydrogen (secondary N) is 2. The first kappa shape index (κ1) is 31.3. The van der Waals surface area contributed by atoms with Gasteiger partial charge >= 0.3 is 37.7 Å². The summed E-state index contributed by atoms with van der Waals surface area (Å²) >= 11 is 0. The Kier molecular flexibility index (Phi) is 10.9. The van der Waals surface area contributed by atoms with E-state index in [4.69, 9.17) is 6.57 Å². The number of azo groups is 1. The maximum Gasteiger partial charge on any atom is 1.00 e. The van der Waals surface area contributed by atoms with Gasteiger partial charge in [-0.2, -0.15) is 10.2 Å². The molecule has 0 aliphatic heterocycles. The summed E-state index contributed by atoms with van der Waals surface area (Å²) in [5.41, 5.74) is 1.56. The second-order valence-corrected chi connectivity index (χ2v) is 9.51. The summed E-state index contributed by atoms with van der Waals surface area (Å²) in [6.45, 7) is 9.19. The van der Waals surface area contributed by atoms with Crippen molar-refractivity contribution in [3.05, 3.63) is 65.5 Å². The average molecular weight is 514 g/mol. The van der Waals surface area contributed by atoms with Crippen LogP contribution >= 0.6 is 0 Å². The van der Waals surface area contributed by atoms with Crippen molar-refractivity contribution < 1.29 is 63.7 Å². The van der Waals surface area contributed by atoms with Crippen LogP contribution in [0.4, 0.5) is 34.4 Å². The molecule has 3 aromatic rings. The number of anilines is 4. The van der Waals surface area contributed by atoms with Crippen molar-refractivity contribution in [3.8, 4) is 0 Å². The second kappa shape index (κ2) is 12.5. The fraction of sp³-hybridized carbons (Fsp3) is 0.100. The van der Waals surface area contributed by atoms with E-state index in [0.29, 0.717) is 16.9 Å². The predicted molar refractivity (Wildman–Crippen MR) is 121 cm³/mol. The molecule has 0 unspecified atom stereocenters. The Bertz CT molecular complexity index is 1520. The third-order valence-corrected chi connectivity index (χ3v) is 6.20. The Labute approximate surface area is 232 Å². The standard InChI is InChI=1S/C20H18N6O6S2.2Li/c1-12-17(21-2)19(23-13-4-8-15(9-5-13)33(27,28)29)25-20(18(12)26-22-3)24-14-6-10-16(11-7-14)34(30,31)32;;/h4-11H,1,3H3,(H2,23,24,25)(H,27,28,29)(H,30,31,32);;/q;2*+1/p-2. The monoisotopic (exact) mass is 514 g/mol. The van der Waals surface area contributed by atoms with Crippen LogP contribution in [0.5, 0.6) is 0 Å². The first-order chi connectivity index (χ1) is 15.9. The van der Waals surface area contributed by atoms with Crippen LogP contribution in [0.2, 0.25) is 0 Å². The number of benzene rings is 2. The predicted octanol–water partition coefficient (Wildman–Crippen LogP) is -2.04. The van der Waals surface area contributed by atoms with Crippen LogP contribution in [-0.2, 0) is 20.2 Å². The third-order valence-electron chi connectivity index (χ3n) is 4.51. The molecule has 0 radical (unpaired) electrons. The number of pyridine rings is 1. The molecular weight excluding hydrogens is 498 g/mol. The zero-order valence-corrected chi connectivity index (χ0v) is 21.3. The number of aromatic nitrogens is 1. The molecule has 0 aliphatic carbocycles. The average Bonchev–Trinajstić information content (AvgIpc) is 2.76. The second-order valence-electron chi connectivity index (χ2n) is 6.75. The molecule has 0 amide bonds. The zero-order chi connectivity index (χ0) is 25.1. The van der Waals surface area contributed by atoms with Gasteiger partial charge in [-0.25, -0.2) is 26.7 Å². The largest absolute Gasteiger partial charge is 1.00 e. The van der Waals surface area contributed by atoms with Gasteiger partial charge in [0.25, 0.3) is 0 Å². The van der Waals surface area contributed by atoms with Gasteiger partial charge in [0.2, 0.25) is 5.69 Å². The SMILES string of the molecule is [C-]#[N+]c1c(Nc2ccc(S(=O)(=O)[O-])cc2)nc(Nc2ccc(S(=O)(=O)[O-])cc2)c(N=NC)c1C.[Li+].[Li+]. The van der Waals surface area contributed by atoms with Crippen molar-refractivity contribution >= 4 is 54.6 Å². The van der Waals surface area contributed by atoms with Crippen LogP contribution < -0.4 is 48.4 Å². The van der Waals surface area contributed by atoms with Crippen molar-refractivity contribution in [2.24, 2.45) is 10.2 Å². The Hall–Kier alpha value is -2.71. The molecule has 0 saturated heterocycles. The summed E-state index contributed by atoms with van der Waals surface area (Å²) in [4.78, 5) is 7.10. The van der Waals surface area contributed by atoms with Crippen LogP contribution in [0.3, 0.4) is 0 Å². The van der Waals surface area contributed by atoms with E-state index in [9.17, 15) is 25.9 Å². The molecule has 2 aromatic carbocycles. The maximum atomic E-state index is 11.1. The quantitative estimate of drug-likeness (QED) is 0.155. The van der Waals surface area contributed by atoms with E-state index in [1.165, 1.54) is 31.3 Å². The summed E-state index contributed by atoms with van der Waals surface area (Å²) in [5.74, 6) is 0.288. The summed E-state index contributed by atoms with van der Waals surface area (Å²) in [7, 11) is -7.78. The van der Waals surface area contributed by atoms with E-state index >= 15 is 0 Å². The van der Waals surface area contributed by atoms with Crippen LogP contribution in [0.25, 0.3) is 4.85 Å². The molecule has 16 heteroatoms. The summed E-state index contributed by atoms with van der Waals surface area (Å²) in [5, 5.41) is 13.7. The van der Waals surface area contributed by atoms with Gasteiger partial charge in [-0.15, -0.1) is 0 Å². The minimum absolute atomic E-state index is 0. The molecule has 176 valence electrons. The normalized spacial score (nSPS) is 11.2. The van der Waals surface area contributed by atoms with Crippen molar-refractivity contribution in [1.82, 2.24) is 4.98 Å². The Morgan fingerprint density at radius 2 is 1.25 bits per heavy atom. The summed E-state index contributed by atoms with van der Waals surface area (Å²) in [6.07, 6.45) is 0. The van der Waals surface area contributed by atoms with Gasteiger partial charge in [0.15, 0.2) is 5.82 Å². The van der Waals surface area contributed by atoms with E-state index in [2.05, 4.69) is 30.7 Å². The van der Waals surface area contributed by atoms with Gasteiger partial charge in [0, 0.05) is 18.4 Å². The molecule has 0 fully saturated rings. The number of hydrogen-bond donors (Lipinski definition) is 2. The molecule has 0 aliphatic rings. The molecule has 2 N–H and O–H groups in total. The van der Waals surface area contributed by atoms with Crippen molar-refractivity contribution in [2.75, 3.05) is 17.7 Å². The van der Waals surface area contributed by atoms with Gasteiger partial charge in [-0.3, -0.25) is 0 Å². The van der Waals surface area contributed by atoms with Crippen LogP contribution in [0.1, 0.15) is 5.56 Å². The van der Waals surface area contributed by atoms with Crippen LogP contribution in [0, 0.1) is 13.5 Å². The minimum atomic E-state index is -4.61. The van der Waals surface area contributed by atoms with Gasteiger partial charge in [0.05, 0.1) is 16.4 Å². The Balaban J connectivity index is 0.00000324. The third kappa shape index (κ3) is 7.40. The van der Waals surface area contributed by atoms with E-state index in [0.717, 1.165) is 24.3 Å². The summed E-state index contributed by atoms with van der Waals surface area (Å²) in [6, 6.07) is 9.96. The molecule has 3 rings (SSSR count). The molecule has 12 nitrogen and oxygen atoms in total. The van der Waals surface area contributed by atoms with Gasteiger partial charge in [-0.05, 0) is 61.0 Å². The van der Waals surface area contributed by atoms with Crippen LogP contribution in [0.15, 0.2) is 68.6 Å². The fourth-order valence-corrected chi connectivity index (χ4v) is 3.84. The molecule has 0 saturated carbocycles. The number of nitrogens with zero attached hydrogens (tertiary/aromatic N) is 4. The van der Waals surface area contributed by atoms with Gasteiger partial charge in [0.1, 0.15) is 31.7 Å². The zero-order valence-electron chi connectivity index (χ0n) is 19.7. The Morgan fingerprint density at radius 1 is 0.833 bits per heavy atom.